The van der Waals surface area contributed by atoms with Gasteiger partial charge in [-0.3, -0.25) is 0 Å². The predicted molar refractivity (Wildman–Crippen MR) is 78.5 cm³/mol. The van der Waals surface area contributed by atoms with Crippen molar-refractivity contribution in [3.05, 3.63) is 54.4 Å². The van der Waals surface area contributed by atoms with Crippen molar-refractivity contribution in [2.24, 2.45) is 0 Å². The molecule has 0 aliphatic heterocycles. The molecule has 1 aromatic carbocycles. The van der Waals surface area contributed by atoms with Crippen LogP contribution >= 0.6 is 0 Å². The van der Waals surface area contributed by atoms with Gasteiger partial charge in [-0.25, -0.2) is 0 Å². The standard InChI is InChI=1S/C16H22N2O/c1-3-16(17-2)14-9-10-18(13-14)11-12-19-15-7-5-4-6-8-15/h4-10,13,16-17H,3,11-12H2,1-2H3. The molecule has 0 radical (unpaired) electrons. The molecule has 0 bridgehead atoms. The lowest BCUT2D eigenvalue weighted by molar-refractivity contribution is 0.298. The Labute approximate surface area is 115 Å². The van der Waals surface area contributed by atoms with Crippen molar-refractivity contribution in [3.8, 4) is 5.75 Å². The summed E-state index contributed by atoms with van der Waals surface area (Å²) in [5, 5.41) is 3.32. The van der Waals surface area contributed by atoms with E-state index >= 15 is 0 Å². The van der Waals surface area contributed by atoms with Crippen LogP contribution < -0.4 is 10.1 Å². The van der Waals surface area contributed by atoms with Gasteiger partial charge in [-0.1, -0.05) is 25.1 Å². The Morgan fingerprint density at radius 3 is 2.68 bits per heavy atom. The van der Waals surface area contributed by atoms with E-state index in [9.17, 15) is 0 Å². The molecular formula is C16H22N2O. The maximum absolute atomic E-state index is 5.70. The Morgan fingerprint density at radius 2 is 2.00 bits per heavy atom. The monoisotopic (exact) mass is 258 g/mol. The summed E-state index contributed by atoms with van der Waals surface area (Å²) in [5.74, 6) is 0.927. The Balaban J connectivity index is 1.83. The first-order valence-corrected chi connectivity index (χ1v) is 6.84. The number of rotatable bonds is 7. The Bertz CT molecular complexity index is 475. The third-order valence-corrected chi connectivity index (χ3v) is 3.29. The molecule has 2 aromatic rings. The highest BCUT2D eigenvalue weighted by molar-refractivity contribution is 5.21. The lowest BCUT2D eigenvalue weighted by atomic mass is 10.1. The molecule has 3 nitrogen and oxygen atoms in total. The van der Waals surface area contributed by atoms with Gasteiger partial charge in [0, 0.05) is 18.4 Å². The Morgan fingerprint density at radius 1 is 1.21 bits per heavy atom. The fourth-order valence-electron chi connectivity index (χ4n) is 2.20. The van der Waals surface area contributed by atoms with Gasteiger partial charge < -0.3 is 14.6 Å². The van der Waals surface area contributed by atoms with Crippen LogP contribution in [0.2, 0.25) is 0 Å². The number of aromatic nitrogens is 1. The maximum Gasteiger partial charge on any atom is 0.119 e. The van der Waals surface area contributed by atoms with E-state index in [1.165, 1.54) is 5.56 Å². The van der Waals surface area contributed by atoms with Gasteiger partial charge >= 0.3 is 0 Å². The Kier molecular flexibility index (Phi) is 5.04. The minimum Gasteiger partial charge on any atom is -0.492 e. The SMILES string of the molecule is CCC(NC)c1ccn(CCOc2ccccc2)c1. The number of hydrogen-bond donors (Lipinski definition) is 1. The first-order valence-electron chi connectivity index (χ1n) is 6.84. The minimum atomic E-state index is 0.441. The van der Waals surface area contributed by atoms with E-state index in [0.717, 1.165) is 18.7 Å². The quantitative estimate of drug-likeness (QED) is 0.825. The van der Waals surface area contributed by atoms with E-state index < -0.39 is 0 Å². The van der Waals surface area contributed by atoms with Crippen molar-refractivity contribution in [1.82, 2.24) is 9.88 Å². The number of hydrogen-bond acceptors (Lipinski definition) is 2. The summed E-state index contributed by atoms with van der Waals surface area (Å²) in [7, 11) is 2.00. The van der Waals surface area contributed by atoms with Crippen LogP contribution in [0.15, 0.2) is 48.8 Å². The van der Waals surface area contributed by atoms with Gasteiger partial charge in [0.25, 0.3) is 0 Å². The number of nitrogens with one attached hydrogen (secondary N) is 1. The van der Waals surface area contributed by atoms with Crippen molar-refractivity contribution in [2.45, 2.75) is 25.9 Å². The third-order valence-electron chi connectivity index (χ3n) is 3.29. The molecule has 0 saturated carbocycles. The molecule has 0 amide bonds. The highest BCUT2D eigenvalue weighted by Gasteiger charge is 2.07. The lowest BCUT2D eigenvalue weighted by Crippen LogP contribution is -2.14. The van der Waals surface area contributed by atoms with Crippen LogP contribution in [0.4, 0.5) is 0 Å². The van der Waals surface area contributed by atoms with Crippen LogP contribution in [0.5, 0.6) is 5.75 Å². The summed E-state index contributed by atoms with van der Waals surface area (Å²) in [4.78, 5) is 0. The fraction of sp³-hybridized carbons (Fsp3) is 0.375. The van der Waals surface area contributed by atoms with Gasteiger partial charge in [0.1, 0.15) is 12.4 Å². The van der Waals surface area contributed by atoms with Crippen molar-refractivity contribution >= 4 is 0 Å². The van der Waals surface area contributed by atoms with Gasteiger partial charge in [-0.05, 0) is 37.2 Å². The summed E-state index contributed by atoms with van der Waals surface area (Å²) >= 11 is 0. The molecule has 0 aliphatic carbocycles. The van der Waals surface area contributed by atoms with E-state index in [1.807, 2.05) is 37.4 Å². The molecule has 1 atom stereocenters. The third kappa shape index (κ3) is 3.86. The molecule has 1 aromatic heterocycles. The van der Waals surface area contributed by atoms with Crippen molar-refractivity contribution in [2.75, 3.05) is 13.7 Å². The molecular weight excluding hydrogens is 236 g/mol. The van der Waals surface area contributed by atoms with E-state index in [0.29, 0.717) is 12.6 Å². The summed E-state index contributed by atoms with van der Waals surface area (Å²) < 4.78 is 7.87. The topological polar surface area (TPSA) is 26.2 Å². The van der Waals surface area contributed by atoms with Gasteiger partial charge in [-0.15, -0.1) is 0 Å². The van der Waals surface area contributed by atoms with E-state index in [4.69, 9.17) is 4.74 Å². The first-order chi connectivity index (χ1) is 9.33. The maximum atomic E-state index is 5.70. The minimum absolute atomic E-state index is 0.441. The normalized spacial score (nSPS) is 12.3. The number of nitrogens with zero attached hydrogens (tertiary/aromatic N) is 1. The average Bonchev–Trinajstić information content (AvgIpc) is 2.90. The van der Waals surface area contributed by atoms with Gasteiger partial charge in [0.05, 0.1) is 6.54 Å². The van der Waals surface area contributed by atoms with Crippen LogP contribution in [0.1, 0.15) is 24.9 Å². The van der Waals surface area contributed by atoms with Gasteiger partial charge in [0.2, 0.25) is 0 Å². The zero-order valence-electron chi connectivity index (χ0n) is 11.7. The molecule has 2 rings (SSSR count). The van der Waals surface area contributed by atoms with Gasteiger partial charge in [0.15, 0.2) is 0 Å². The molecule has 0 aliphatic rings. The zero-order chi connectivity index (χ0) is 13.5. The summed E-state index contributed by atoms with van der Waals surface area (Å²) in [6.45, 7) is 3.75. The van der Waals surface area contributed by atoms with E-state index in [2.05, 4.69) is 35.3 Å². The van der Waals surface area contributed by atoms with E-state index in [-0.39, 0.29) is 0 Å². The second kappa shape index (κ2) is 7.00. The molecule has 102 valence electrons. The number of benzene rings is 1. The molecule has 0 spiro atoms. The van der Waals surface area contributed by atoms with Crippen LogP contribution in [-0.2, 0) is 6.54 Å². The molecule has 19 heavy (non-hydrogen) atoms. The smallest absolute Gasteiger partial charge is 0.119 e. The second-order valence-electron chi connectivity index (χ2n) is 4.59. The van der Waals surface area contributed by atoms with Crippen LogP contribution in [0, 0.1) is 0 Å². The molecule has 0 saturated heterocycles. The largest absolute Gasteiger partial charge is 0.492 e. The molecule has 1 N–H and O–H groups in total. The summed E-state index contributed by atoms with van der Waals surface area (Å²) in [6.07, 6.45) is 5.41. The van der Waals surface area contributed by atoms with E-state index in [1.54, 1.807) is 0 Å². The van der Waals surface area contributed by atoms with Crippen LogP contribution in [-0.4, -0.2) is 18.2 Å². The number of para-hydroxylation sites is 1. The molecule has 3 heteroatoms. The first kappa shape index (κ1) is 13.7. The Hall–Kier alpha value is -1.74. The molecule has 0 fully saturated rings. The average molecular weight is 258 g/mol. The molecule has 1 unspecified atom stereocenters. The van der Waals surface area contributed by atoms with Gasteiger partial charge in [-0.2, -0.15) is 0 Å². The van der Waals surface area contributed by atoms with Crippen LogP contribution in [0.3, 0.4) is 0 Å². The highest BCUT2D eigenvalue weighted by Crippen LogP contribution is 2.16. The molecule has 1 heterocycles. The zero-order valence-corrected chi connectivity index (χ0v) is 11.7. The summed E-state index contributed by atoms with van der Waals surface area (Å²) in [6, 6.07) is 12.5. The number of ether oxygens (including phenoxy) is 1. The fourth-order valence-corrected chi connectivity index (χ4v) is 2.20. The highest BCUT2D eigenvalue weighted by atomic mass is 16.5. The van der Waals surface area contributed by atoms with Crippen molar-refractivity contribution in [1.29, 1.82) is 0 Å². The van der Waals surface area contributed by atoms with Crippen molar-refractivity contribution < 1.29 is 4.74 Å². The lowest BCUT2D eigenvalue weighted by Gasteiger charge is -2.11. The van der Waals surface area contributed by atoms with Crippen molar-refractivity contribution in [3.63, 3.8) is 0 Å². The van der Waals surface area contributed by atoms with Crippen LogP contribution in [0.25, 0.3) is 0 Å². The summed E-state index contributed by atoms with van der Waals surface area (Å²) in [5.41, 5.74) is 1.34. The predicted octanol–water partition coefficient (Wildman–Crippen LogP) is 3.24. The second-order valence-corrected chi connectivity index (χ2v) is 4.59.